The molecule has 0 spiro atoms. The Morgan fingerprint density at radius 1 is 1.50 bits per heavy atom. The minimum atomic E-state index is -0.234. The van der Waals surface area contributed by atoms with Crippen LogP contribution in [0.1, 0.15) is 28.4 Å². The second-order valence-electron chi connectivity index (χ2n) is 4.01. The molecule has 94 valence electrons. The molecule has 0 bridgehead atoms. The smallest absolute Gasteiger partial charge is 0.258 e. The number of H-pyrrole nitrogens is 1. The number of hydrogen-bond acceptors (Lipinski definition) is 2. The van der Waals surface area contributed by atoms with Gasteiger partial charge in [-0.15, -0.1) is 0 Å². The van der Waals surface area contributed by atoms with Crippen LogP contribution in [-0.4, -0.2) is 16.1 Å². The Kier molecular flexibility index (Phi) is 3.67. The molecule has 0 saturated heterocycles. The maximum atomic E-state index is 12.1. The summed E-state index contributed by atoms with van der Waals surface area (Å²) in [6.45, 7) is 3.87. The molecular formula is C13H14ClN3O. The molecule has 0 fully saturated rings. The summed E-state index contributed by atoms with van der Waals surface area (Å²) in [5.74, 6) is 0.391. The topological polar surface area (TPSA) is 57.8 Å². The Labute approximate surface area is 110 Å². The van der Waals surface area contributed by atoms with Gasteiger partial charge < -0.3 is 5.32 Å². The first kappa shape index (κ1) is 12.6. The van der Waals surface area contributed by atoms with Gasteiger partial charge in [-0.3, -0.25) is 9.89 Å². The molecule has 2 aromatic rings. The molecular weight excluding hydrogens is 250 g/mol. The third kappa shape index (κ3) is 2.38. The number of anilines is 1. The normalized spacial score (nSPS) is 10.4. The van der Waals surface area contributed by atoms with Crippen LogP contribution in [0.3, 0.4) is 0 Å². The lowest BCUT2D eigenvalue weighted by Gasteiger charge is -2.07. The van der Waals surface area contributed by atoms with Crippen LogP contribution in [0, 0.1) is 6.92 Å². The van der Waals surface area contributed by atoms with Crippen LogP contribution in [0.25, 0.3) is 0 Å². The van der Waals surface area contributed by atoms with E-state index in [0.29, 0.717) is 16.4 Å². The minimum absolute atomic E-state index is 0.234. The number of aryl methyl sites for hydroxylation is 2. The van der Waals surface area contributed by atoms with E-state index in [1.807, 2.05) is 26.0 Å². The maximum Gasteiger partial charge on any atom is 0.258 e. The molecule has 0 radical (unpaired) electrons. The van der Waals surface area contributed by atoms with Crippen LogP contribution in [0.4, 0.5) is 5.82 Å². The number of benzene rings is 1. The van der Waals surface area contributed by atoms with Crippen molar-refractivity contribution in [2.75, 3.05) is 5.32 Å². The van der Waals surface area contributed by atoms with Crippen molar-refractivity contribution in [3.8, 4) is 0 Å². The van der Waals surface area contributed by atoms with E-state index in [2.05, 4.69) is 15.5 Å². The third-order valence-electron chi connectivity index (χ3n) is 2.77. The van der Waals surface area contributed by atoms with E-state index in [-0.39, 0.29) is 5.91 Å². The lowest BCUT2D eigenvalue weighted by Crippen LogP contribution is -2.14. The number of aromatic amines is 1. The van der Waals surface area contributed by atoms with E-state index in [9.17, 15) is 4.79 Å². The van der Waals surface area contributed by atoms with Gasteiger partial charge in [0.05, 0.1) is 16.8 Å². The number of nitrogens with one attached hydrogen (secondary N) is 2. The van der Waals surface area contributed by atoms with Crippen molar-refractivity contribution in [1.82, 2.24) is 10.2 Å². The minimum Gasteiger partial charge on any atom is -0.307 e. The fourth-order valence-corrected chi connectivity index (χ4v) is 1.90. The molecule has 1 heterocycles. The van der Waals surface area contributed by atoms with Crippen LogP contribution in [0.15, 0.2) is 24.4 Å². The fourth-order valence-electron chi connectivity index (χ4n) is 1.69. The van der Waals surface area contributed by atoms with E-state index in [1.165, 1.54) is 0 Å². The largest absolute Gasteiger partial charge is 0.307 e. The number of halogens is 1. The quantitative estimate of drug-likeness (QED) is 0.894. The summed E-state index contributed by atoms with van der Waals surface area (Å²) in [5, 5.41) is 9.94. The van der Waals surface area contributed by atoms with Gasteiger partial charge in [0, 0.05) is 5.56 Å². The van der Waals surface area contributed by atoms with Crippen molar-refractivity contribution in [3.05, 3.63) is 46.1 Å². The third-order valence-corrected chi connectivity index (χ3v) is 3.28. The Morgan fingerprint density at radius 2 is 2.28 bits per heavy atom. The van der Waals surface area contributed by atoms with Crippen molar-refractivity contribution in [3.63, 3.8) is 0 Å². The van der Waals surface area contributed by atoms with Crippen molar-refractivity contribution in [2.24, 2.45) is 0 Å². The SMILES string of the molecule is CCc1cn[nH]c1NC(=O)c1cccc(C)c1Cl. The first-order chi connectivity index (χ1) is 8.63. The molecule has 1 aromatic carbocycles. The number of carbonyl (C=O) groups is 1. The summed E-state index contributed by atoms with van der Waals surface area (Å²) >= 11 is 6.12. The fraction of sp³-hybridized carbons (Fsp3) is 0.231. The molecule has 0 unspecified atom stereocenters. The first-order valence-corrected chi connectivity index (χ1v) is 6.10. The summed E-state index contributed by atoms with van der Waals surface area (Å²) in [6.07, 6.45) is 2.50. The van der Waals surface area contributed by atoms with Crippen molar-refractivity contribution in [1.29, 1.82) is 0 Å². The summed E-state index contributed by atoms with van der Waals surface area (Å²) in [5.41, 5.74) is 2.31. The van der Waals surface area contributed by atoms with Crippen molar-refractivity contribution < 1.29 is 4.79 Å². The lowest BCUT2D eigenvalue weighted by molar-refractivity contribution is 0.102. The molecule has 0 aliphatic carbocycles. The van der Waals surface area contributed by atoms with Crippen LogP contribution >= 0.6 is 11.6 Å². The van der Waals surface area contributed by atoms with Gasteiger partial charge in [0.25, 0.3) is 5.91 Å². The van der Waals surface area contributed by atoms with Gasteiger partial charge in [-0.25, -0.2) is 0 Å². The Hall–Kier alpha value is -1.81. The second-order valence-corrected chi connectivity index (χ2v) is 4.39. The van der Waals surface area contributed by atoms with Gasteiger partial charge in [-0.05, 0) is 25.0 Å². The van der Waals surface area contributed by atoms with Crippen molar-refractivity contribution >= 4 is 23.3 Å². The second kappa shape index (κ2) is 5.23. The molecule has 0 aliphatic heterocycles. The van der Waals surface area contributed by atoms with Gasteiger partial charge in [-0.1, -0.05) is 30.7 Å². The Balaban J connectivity index is 2.25. The molecule has 4 nitrogen and oxygen atoms in total. The molecule has 5 heteroatoms. The van der Waals surface area contributed by atoms with E-state index in [1.54, 1.807) is 12.3 Å². The number of nitrogens with zero attached hydrogens (tertiary/aromatic N) is 1. The predicted octanol–water partition coefficient (Wildman–Crippen LogP) is 3.19. The monoisotopic (exact) mass is 263 g/mol. The van der Waals surface area contributed by atoms with Gasteiger partial charge in [-0.2, -0.15) is 5.10 Å². The van der Waals surface area contributed by atoms with Crippen LogP contribution < -0.4 is 5.32 Å². The van der Waals surface area contributed by atoms with Crippen LogP contribution in [0.2, 0.25) is 5.02 Å². The van der Waals surface area contributed by atoms with Gasteiger partial charge in [0.2, 0.25) is 0 Å². The molecule has 0 atom stereocenters. The standard InChI is InChI=1S/C13H14ClN3O/c1-3-9-7-15-17-12(9)16-13(18)10-6-4-5-8(2)11(10)14/h4-7H,3H2,1-2H3,(H2,15,16,17,18). The molecule has 0 saturated carbocycles. The molecule has 18 heavy (non-hydrogen) atoms. The maximum absolute atomic E-state index is 12.1. The van der Waals surface area contributed by atoms with E-state index < -0.39 is 0 Å². The Bertz CT molecular complexity index is 577. The molecule has 1 amide bonds. The zero-order valence-electron chi connectivity index (χ0n) is 10.2. The average Bonchev–Trinajstić information content (AvgIpc) is 2.79. The van der Waals surface area contributed by atoms with Crippen LogP contribution in [-0.2, 0) is 6.42 Å². The molecule has 0 aliphatic rings. The highest BCUT2D eigenvalue weighted by Gasteiger charge is 2.13. The number of aromatic nitrogens is 2. The highest BCUT2D eigenvalue weighted by Crippen LogP contribution is 2.21. The summed E-state index contributed by atoms with van der Waals surface area (Å²) in [4.78, 5) is 12.1. The highest BCUT2D eigenvalue weighted by atomic mass is 35.5. The predicted molar refractivity (Wildman–Crippen MR) is 72.1 cm³/mol. The van der Waals surface area contributed by atoms with Crippen LogP contribution in [0.5, 0.6) is 0 Å². The van der Waals surface area contributed by atoms with Gasteiger partial charge >= 0.3 is 0 Å². The van der Waals surface area contributed by atoms with Gasteiger partial charge in [0.1, 0.15) is 5.82 Å². The highest BCUT2D eigenvalue weighted by molar-refractivity contribution is 6.35. The molecule has 1 aromatic heterocycles. The Morgan fingerprint density at radius 3 is 3.00 bits per heavy atom. The van der Waals surface area contributed by atoms with E-state index in [4.69, 9.17) is 11.6 Å². The zero-order valence-corrected chi connectivity index (χ0v) is 11.0. The summed E-state index contributed by atoms with van der Waals surface area (Å²) in [6, 6.07) is 5.38. The lowest BCUT2D eigenvalue weighted by atomic mass is 10.1. The molecule has 2 rings (SSSR count). The summed E-state index contributed by atoms with van der Waals surface area (Å²) < 4.78 is 0. The molecule has 2 N–H and O–H groups in total. The number of amides is 1. The van der Waals surface area contributed by atoms with Crippen molar-refractivity contribution in [2.45, 2.75) is 20.3 Å². The number of carbonyl (C=O) groups excluding carboxylic acids is 1. The summed E-state index contributed by atoms with van der Waals surface area (Å²) in [7, 11) is 0. The van der Waals surface area contributed by atoms with E-state index in [0.717, 1.165) is 17.5 Å². The van der Waals surface area contributed by atoms with E-state index >= 15 is 0 Å². The zero-order chi connectivity index (χ0) is 13.1. The van der Waals surface area contributed by atoms with Gasteiger partial charge in [0.15, 0.2) is 0 Å². The first-order valence-electron chi connectivity index (χ1n) is 5.72. The number of hydrogen-bond donors (Lipinski definition) is 2. The number of rotatable bonds is 3. The average molecular weight is 264 g/mol.